The first-order chi connectivity index (χ1) is 14.6. The molecule has 3 rings (SSSR count). The molecule has 10 heteroatoms. The van der Waals surface area contributed by atoms with Crippen molar-refractivity contribution in [3.8, 4) is 0 Å². The monoisotopic (exact) mass is 472 g/mol. The molecule has 168 valence electrons. The molecule has 0 atom stereocenters. The lowest BCUT2D eigenvalue weighted by Gasteiger charge is -2.26. The number of benzene rings is 2. The molecule has 0 bridgehead atoms. The van der Waals surface area contributed by atoms with Crippen molar-refractivity contribution >= 4 is 33.4 Å². The molecular formula is C21H23F3N2O3S2. The van der Waals surface area contributed by atoms with Crippen molar-refractivity contribution in [2.24, 2.45) is 0 Å². The molecule has 2 aromatic carbocycles. The summed E-state index contributed by atoms with van der Waals surface area (Å²) in [6.45, 7) is 2.57. The molecule has 0 aliphatic carbocycles. The summed E-state index contributed by atoms with van der Waals surface area (Å²) < 4.78 is 65.1. The Morgan fingerprint density at radius 2 is 1.77 bits per heavy atom. The van der Waals surface area contributed by atoms with Crippen LogP contribution >= 0.6 is 11.8 Å². The molecule has 0 saturated carbocycles. The van der Waals surface area contributed by atoms with Crippen LogP contribution in [0.2, 0.25) is 0 Å². The minimum Gasteiger partial charge on any atom is -0.321 e. The van der Waals surface area contributed by atoms with Crippen LogP contribution < -0.4 is 5.32 Å². The summed E-state index contributed by atoms with van der Waals surface area (Å²) in [5.74, 6) is -1.66. The van der Waals surface area contributed by atoms with E-state index in [9.17, 15) is 26.4 Å². The quantitative estimate of drug-likeness (QED) is 0.596. The third-order valence-electron chi connectivity index (χ3n) is 4.93. The van der Waals surface area contributed by atoms with Gasteiger partial charge in [0, 0.05) is 23.5 Å². The maximum Gasteiger partial charge on any atom is 0.398 e. The van der Waals surface area contributed by atoms with Gasteiger partial charge in [0.25, 0.3) is 5.91 Å². The Hall–Kier alpha value is -2.04. The summed E-state index contributed by atoms with van der Waals surface area (Å²) in [5, 5.41) is 2.63. The molecule has 0 unspecified atom stereocenters. The number of thioether (sulfide) groups is 1. The zero-order valence-corrected chi connectivity index (χ0v) is 18.5. The van der Waals surface area contributed by atoms with Gasteiger partial charge < -0.3 is 5.32 Å². The van der Waals surface area contributed by atoms with Crippen LogP contribution in [0.15, 0.2) is 52.3 Å². The van der Waals surface area contributed by atoms with Gasteiger partial charge in [-0.2, -0.15) is 17.5 Å². The number of hydrogen-bond donors (Lipinski definition) is 1. The Kier molecular flexibility index (Phi) is 7.33. The highest BCUT2D eigenvalue weighted by atomic mass is 32.2. The number of hydrogen-bond acceptors (Lipinski definition) is 4. The van der Waals surface area contributed by atoms with E-state index in [1.54, 1.807) is 25.1 Å². The summed E-state index contributed by atoms with van der Waals surface area (Å²) in [6.07, 6.45) is -1.76. The second-order valence-corrected chi connectivity index (χ2v) is 10.3. The third kappa shape index (κ3) is 6.02. The molecule has 2 aromatic rings. The number of rotatable bonds is 6. The fourth-order valence-electron chi connectivity index (χ4n) is 3.31. The van der Waals surface area contributed by atoms with Gasteiger partial charge in [0.05, 0.1) is 16.3 Å². The van der Waals surface area contributed by atoms with Gasteiger partial charge in [0.15, 0.2) is 0 Å². The van der Waals surface area contributed by atoms with E-state index in [2.05, 4.69) is 5.32 Å². The van der Waals surface area contributed by atoms with Crippen molar-refractivity contribution in [1.82, 2.24) is 4.31 Å². The molecule has 1 N–H and O–H groups in total. The number of anilines is 1. The smallest absolute Gasteiger partial charge is 0.321 e. The maximum absolute atomic E-state index is 12.9. The van der Waals surface area contributed by atoms with E-state index in [0.717, 1.165) is 19.3 Å². The van der Waals surface area contributed by atoms with Crippen LogP contribution in [0.25, 0.3) is 0 Å². The third-order valence-corrected chi connectivity index (χ3v) is 7.97. The molecule has 0 spiro atoms. The Balaban J connectivity index is 1.84. The first kappa shape index (κ1) is 23.6. The maximum atomic E-state index is 12.9. The van der Waals surface area contributed by atoms with Crippen molar-refractivity contribution < 1.29 is 26.4 Å². The SMILES string of the molecule is Cc1ccc(S(=O)(=O)N2CCCCC2)cc1C(=O)Nc1ccccc1SCC(F)(F)F. The molecule has 5 nitrogen and oxygen atoms in total. The first-order valence-electron chi connectivity index (χ1n) is 9.79. The van der Waals surface area contributed by atoms with Crippen molar-refractivity contribution in [2.75, 3.05) is 24.2 Å². The van der Waals surface area contributed by atoms with Gasteiger partial charge in [-0.3, -0.25) is 4.79 Å². The molecule has 1 heterocycles. The van der Waals surface area contributed by atoms with E-state index in [4.69, 9.17) is 0 Å². The largest absolute Gasteiger partial charge is 0.398 e. The summed E-state index contributed by atoms with van der Waals surface area (Å²) in [7, 11) is -3.72. The second kappa shape index (κ2) is 9.62. The van der Waals surface area contributed by atoms with Gasteiger partial charge in [-0.15, -0.1) is 11.8 Å². The number of carbonyl (C=O) groups excluding carboxylic acids is 1. The van der Waals surface area contributed by atoms with Crippen LogP contribution in [0.4, 0.5) is 18.9 Å². The molecular weight excluding hydrogens is 449 g/mol. The number of sulfonamides is 1. The standard InChI is InChI=1S/C21H23F3N2O3S2/c1-15-9-10-16(31(28,29)26-11-5-2-6-12-26)13-17(15)20(27)25-18-7-3-4-8-19(18)30-14-21(22,23)24/h3-4,7-10,13H,2,5-6,11-12,14H2,1H3,(H,25,27). The van der Waals surface area contributed by atoms with Gasteiger partial charge >= 0.3 is 6.18 Å². The number of amides is 1. The number of para-hydroxylation sites is 1. The fraction of sp³-hybridized carbons (Fsp3) is 0.381. The van der Waals surface area contributed by atoms with Crippen LogP contribution in [0.3, 0.4) is 0 Å². The molecule has 1 fully saturated rings. The van der Waals surface area contributed by atoms with E-state index in [1.165, 1.54) is 28.6 Å². The van der Waals surface area contributed by atoms with E-state index in [-0.39, 0.29) is 21.0 Å². The van der Waals surface area contributed by atoms with Crippen molar-refractivity contribution in [3.63, 3.8) is 0 Å². The van der Waals surface area contributed by atoms with Gasteiger partial charge in [-0.25, -0.2) is 8.42 Å². The highest BCUT2D eigenvalue weighted by Crippen LogP contribution is 2.32. The Morgan fingerprint density at radius 3 is 2.45 bits per heavy atom. The van der Waals surface area contributed by atoms with Crippen LogP contribution in [0.1, 0.15) is 35.2 Å². The summed E-state index contributed by atoms with van der Waals surface area (Å²) in [5.41, 5.74) is 0.967. The summed E-state index contributed by atoms with van der Waals surface area (Å²) >= 11 is 0.579. The highest BCUT2D eigenvalue weighted by molar-refractivity contribution is 7.99. The fourth-order valence-corrected chi connectivity index (χ4v) is 5.62. The topological polar surface area (TPSA) is 66.5 Å². The van der Waals surface area contributed by atoms with Gasteiger partial charge in [-0.1, -0.05) is 24.6 Å². The Morgan fingerprint density at radius 1 is 1.10 bits per heavy atom. The number of alkyl halides is 3. The van der Waals surface area contributed by atoms with E-state index >= 15 is 0 Å². The predicted octanol–water partition coefficient (Wildman–Crippen LogP) is 5.08. The Labute approximate surface area is 184 Å². The van der Waals surface area contributed by atoms with Crippen LogP contribution in [0, 0.1) is 6.92 Å². The second-order valence-electron chi connectivity index (χ2n) is 7.30. The minimum atomic E-state index is -4.34. The van der Waals surface area contributed by atoms with Crippen molar-refractivity contribution in [2.45, 2.75) is 42.2 Å². The molecule has 31 heavy (non-hydrogen) atoms. The molecule has 0 aromatic heterocycles. The van der Waals surface area contributed by atoms with Crippen LogP contribution in [-0.2, 0) is 10.0 Å². The van der Waals surface area contributed by atoms with Gasteiger partial charge in [0.2, 0.25) is 10.0 Å². The molecule has 1 aliphatic rings. The molecule has 0 radical (unpaired) electrons. The number of halogens is 3. The molecule has 1 saturated heterocycles. The van der Waals surface area contributed by atoms with E-state index in [0.29, 0.717) is 30.4 Å². The van der Waals surface area contributed by atoms with Gasteiger partial charge in [0.1, 0.15) is 0 Å². The Bertz CT molecular complexity index is 1050. The number of aryl methyl sites for hydroxylation is 1. The van der Waals surface area contributed by atoms with Gasteiger partial charge in [-0.05, 0) is 49.6 Å². The number of nitrogens with one attached hydrogen (secondary N) is 1. The molecule has 1 amide bonds. The summed E-state index contributed by atoms with van der Waals surface area (Å²) in [4.78, 5) is 13.2. The van der Waals surface area contributed by atoms with Crippen molar-refractivity contribution in [3.05, 3.63) is 53.6 Å². The summed E-state index contributed by atoms with van der Waals surface area (Å²) in [6, 6.07) is 10.6. The zero-order valence-electron chi connectivity index (χ0n) is 16.9. The van der Waals surface area contributed by atoms with Crippen LogP contribution in [0.5, 0.6) is 0 Å². The average Bonchev–Trinajstić information content (AvgIpc) is 2.73. The average molecular weight is 473 g/mol. The lowest BCUT2D eigenvalue weighted by molar-refractivity contribution is -0.105. The lowest BCUT2D eigenvalue weighted by atomic mass is 10.1. The van der Waals surface area contributed by atoms with E-state index < -0.39 is 27.9 Å². The number of nitrogens with zero attached hydrogens (tertiary/aromatic N) is 1. The number of piperidine rings is 1. The lowest BCUT2D eigenvalue weighted by Crippen LogP contribution is -2.35. The first-order valence-corrected chi connectivity index (χ1v) is 12.2. The van der Waals surface area contributed by atoms with Crippen LogP contribution in [-0.4, -0.2) is 43.6 Å². The normalized spacial score (nSPS) is 15.6. The minimum absolute atomic E-state index is 0.0323. The van der Waals surface area contributed by atoms with E-state index in [1.807, 2.05) is 0 Å². The van der Waals surface area contributed by atoms with Crippen molar-refractivity contribution in [1.29, 1.82) is 0 Å². The predicted molar refractivity (Wildman–Crippen MR) is 115 cm³/mol. The highest BCUT2D eigenvalue weighted by Gasteiger charge is 2.29. The molecule has 1 aliphatic heterocycles. The zero-order chi connectivity index (χ0) is 22.6. The number of carbonyl (C=O) groups is 1.